The molecule has 0 spiro atoms. The van der Waals surface area contributed by atoms with Crippen LogP contribution in [-0.4, -0.2) is 36.3 Å². The van der Waals surface area contributed by atoms with Crippen LogP contribution in [0.5, 0.6) is 0 Å². The van der Waals surface area contributed by atoms with Crippen LogP contribution in [0.1, 0.15) is 22.8 Å². The SMILES string of the molecule is COC(=O)C1=C(C)N(c2cccc(SC)c2)C(=O)/C1=C\c1ccc(C(=O)O)cc1. The van der Waals surface area contributed by atoms with E-state index >= 15 is 0 Å². The number of carbonyl (C=O) groups excluding carboxylic acids is 2. The summed E-state index contributed by atoms with van der Waals surface area (Å²) in [6, 6.07) is 13.5. The van der Waals surface area contributed by atoms with Gasteiger partial charge in [0.25, 0.3) is 5.91 Å². The molecule has 0 atom stereocenters. The second-order valence-electron chi connectivity index (χ2n) is 6.28. The minimum atomic E-state index is -1.04. The van der Waals surface area contributed by atoms with Gasteiger partial charge in [-0.05, 0) is 55.2 Å². The number of carboxylic acid groups (broad SMARTS) is 1. The van der Waals surface area contributed by atoms with E-state index < -0.39 is 11.9 Å². The first-order valence-corrected chi connectivity index (χ1v) is 9.93. The van der Waals surface area contributed by atoms with Crippen molar-refractivity contribution in [3.8, 4) is 0 Å². The zero-order valence-electron chi connectivity index (χ0n) is 16.1. The number of anilines is 1. The van der Waals surface area contributed by atoms with Gasteiger partial charge in [0.15, 0.2) is 0 Å². The van der Waals surface area contributed by atoms with Gasteiger partial charge in [-0.25, -0.2) is 9.59 Å². The summed E-state index contributed by atoms with van der Waals surface area (Å²) < 4.78 is 4.90. The lowest BCUT2D eigenvalue weighted by atomic mass is 10.0. The number of rotatable bonds is 5. The number of nitrogens with zero attached hydrogens (tertiary/aromatic N) is 1. The standard InChI is InChI=1S/C22H19NO5S/c1-13-19(22(27)28-2)18(11-14-7-9-15(10-8-14)21(25)26)20(24)23(13)16-5-4-6-17(12-16)29-3/h4-12H,1-3H3,(H,25,26)/b18-11-. The van der Waals surface area contributed by atoms with Crippen LogP contribution >= 0.6 is 11.8 Å². The van der Waals surface area contributed by atoms with Crippen LogP contribution in [0.2, 0.25) is 0 Å². The van der Waals surface area contributed by atoms with Crippen molar-refractivity contribution < 1.29 is 24.2 Å². The van der Waals surface area contributed by atoms with Crippen molar-refractivity contribution in [3.05, 3.63) is 76.5 Å². The molecule has 6 nitrogen and oxygen atoms in total. The Balaban J connectivity index is 2.09. The molecule has 0 saturated heterocycles. The number of hydrogen-bond acceptors (Lipinski definition) is 5. The van der Waals surface area contributed by atoms with Crippen LogP contribution in [-0.2, 0) is 14.3 Å². The van der Waals surface area contributed by atoms with Gasteiger partial charge < -0.3 is 9.84 Å². The Hall–Kier alpha value is -3.32. The maximum atomic E-state index is 13.2. The largest absolute Gasteiger partial charge is 0.478 e. The summed E-state index contributed by atoms with van der Waals surface area (Å²) >= 11 is 1.55. The molecule has 0 saturated carbocycles. The van der Waals surface area contributed by atoms with Gasteiger partial charge in [-0.15, -0.1) is 11.8 Å². The molecular weight excluding hydrogens is 390 g/mol. The smallest absolute Gasteiger partial charge is 0.340 e. The van der Waals surface area contributed by atoms with Gasteiger partial charge in [0.2, 0.25) is 0 Å². The number of amides is 1. The van der Waals surface area contributed by atoms with Gasteiger partial charge in [0.1, 0.15) is 0 Å². The molecule has 0 aromatic heterocycles. The van der Waals surface area contributed by atoms with Crippen LogP contribution < -0.4 is 4.90 Å². The van der Waals surface area contributed by atoms with Crippen LogP contribution in [0.3, 0.4) is 0 Å². The van der Waals surface area contributed by atoms with E-state index in [1.54, 1.807) is 43.0 Å². The Morgan fingerprint density at radius 3 is 2.41 bits per heavy atom. The number of benzene rings is 2. The molecule has 0 fully saturated rings. The van der Waals surface area contributed by atoms with E-state index in [9.17, 15) is 14.4 Å². The molecule has 0 aliphatic carbocycles. The molecule has 1 N–H and O–H groups in total. The highest BCUT2D eigenvalue weighted by molar-refractivity contribution is 7.98. The zero-order valence-corrected chi connectivity index (χ0v) is 16.9. The van der Waals surface area contributed by atoms with Crippen molar-refractivity contribution in [1.29, 1.82) is 0 Å². The molecule has 1 aliphatic heterocycles. The summed E-state index contributed by atoms with van der Waals surface area (Å²) in [4.78, 5) is 39.2. The fraction of sp³-hybridized carbons (Fsp3) is 0.136. The first-order valence-electron chi connectivity index (χ1n) is 8.70. The predicted molar refractivity (Wildman–Crippen MR) is 112 cm³/mol. The summed E-state index contributed by atoms with van der Waals surface area (Å²) in [5, 5.41) is 9.04. The van der Waals surface area contributed by atoms with E-state index in [2.05, 4.69) is 0 Å². The summed E-state index contributed by atoms with van der Waals surface area (Å²) in [6.45, 7) is 1.70. The molecule has 29 heavy (non-hydrogen) atoms. The van der Waals surface area contributed by atoms with Crippen LogP contribution in [0.25, 0.3) is 6.08 Å². The van der Waals surface area contributed by atoms with Gasteiger partial charge >= 0.3 is 11.9 Å². The van der Waals surface area contributed by atoms with Crippen molar-refractivity contribution in [2.75, 3.05) is 18.3 Å². The van der Waals surface area contributed by atoms with Gasteiger partial charge in [-0.3, -0.25) is 9.69 Å². The minimum absolute atomic E-state index is 0.139. The first-order chi connectivity index (χ1) is 13.9. The second kappa shape index (κ2) is 8.36. The highest BCUT2D eigenvalue weighted by Crippen LogP contribution is 2.36. The van der Waals surface area contributed by atoms with Crippen molar-refractivity contribution in [1.82, 2.24) is 0 Å². The average Bonchev–Trinajstić information content (AvgIpc) is 2.97. The molecule has 0 radical (unpaired) electrons. The number of ether oxygens (including phenoxy) is 1. The van der Waals surface area contributed by atoms with Crippen molar-refractivity contribution in [3.63, 3.8) is 0 Å². The van der Waals surface area contributed by atoms with Crippen molar-refractivity contribution in [2.45, 2.75) is 11.8 Å². The Kier molecular flexibility index (Phi) is 5.89. The number of thioether (sulfide) groups is 1. The van der Waals surface area contributed by atoms with Crippen LogP contribution in [0, 0.1) is 0 Å². The number of aromatic carboxylic acids is 1. The fourth-order valence-corrected chi connectivity index (χ4v) is 3.58. The van der Waals surface area contributed by atoms with E-state index in [0.29, 0.717) is 16.9 Å². The lowest BCUT2D eigenvalue weighted by Crippen LogP contribution is -2.24. The molecule has 0 bridgehead atoms. The topological polar surface area (TPSA) is 83.9 Å². The molecule has 7 heteroatoms. The van der Waals surface area contributed by atoms with E-state index in [1.807, 2.05) is 24.5 Å². The molecule has 2 aromatic rings. The predicted octanol–water partition coefficient (Wildman–Crippen LogP) is 3.98. The first kappa shape index (κ1) is 20.4. The summed E-state index contributed by atoms with van der Waals surface area (Å²) in [7, 11) is 1.27. The Bertz CT molecular complexity index is 1050. The highest BCUT2D eigenvalue weighted by atomic mass is 32.2. The van der Waals surface area contributed by atoms with Crippen molar-refractivity contribution in [2.24, 2.45) is 0 Å². The molecule has 1 heterocycles. The third-order valence-corrected chi connectivity index (χ3v) is 5.30. The molecule has 1 aliphatic rings. The maximum absolute atomic E-state index is 13.2. The van der Waals surface area contributed by atoms with E-state index in [4.69, 9.17) is 9.84 Å². The Labute approximate surface area is 172 Å². The van der Waals surface area contributed by atoms with E-state index in [-0.39, 0.29) is 22.6 Å². The van der Waals surface area contributed by atoms with Gasteiger partial charge in [0.05, 0.1) is 29.5 Å². The quantitative estimate of drug-likeness (QED) is 0.457. The molecule has 0 unspecified atom stereocenters. The van der Waals surface area contributed by atoms with Crippen molar-refractivity contribution >= 4 is 41.4 Å². The van der Waals surface area contributed by atoms with E-state index in [1.165, 1.54) is 24.1 Å². The maximum Gasteiger partial charge on any atom is 0.340 e. The second-order valence-corrected chi connectivity index (χ2v) is 7.16. The molecule has 3 rings (SSSR count). The minimum Gasteiger partial charge on any atom is -0.478 e. The summed E-state index contributed by atoms with van der Waals surface area (Å²) in [6.07, 6.45) is 3.52. The highest BCUT2D eigenvalue weighted by Gasteiger charge is 2.37. The number of allylic oxidation sites excluding steroid dienone is 1. The van der Waals surface area contributed by atoms with Gasteiger partial charge in [0, 0.05) is 10.6 Å². The molecule has 148 valence electrons. The average molecular weight is 409 g/mol. The monoisotopic (exact) mass is 409 g/mol. The number of carbonyl (C=O) groups is 3. The summed E-state index contributed by atoms with van der Waals surface area (Å²) in [5.74, 6) is -1.98. The Morgan fingerprint density at radius 1 is 1.14 bits per heavy atom. The third kappa shape index (κ3) is 3.95. The van der Waals surface area contributed by atoms with Crippen LogP contribution in [0.4, 0.5) is 5.69 Å². The third-order valence-electron chi connectivity index (χ3n) is 4.57. The Morgan fingerprint density at radius 2 is 1.83 bits per heavy atom. The lowest BCUT2D eigenvalue weighted by molar-refractivity contribution is -0.136. The zero-order chi connectivity index (χ0) is 21.1. The van der Waals surface area contributed by atoms with Gasteiger partial charge in [-0.2, -0.15) is 0 Å². The number of methoxy groups -OCH3 is 1. The normalized spacial score (nSPS) is 15.2. The fourth-order valence-electron chi connectivity index (χ4n) is 3.13. The summed E-state index contributed by atoms with van der Waals surface area (Å²) in [5.41, 5.74) is 2.27. The van der Waals surface area contributed by atoms with Gasteiger partial charge in [-0.1, -0.05) is 18.2 Å². The number of esters is 1. The number of hydrogen-bond donors (Lipinski definition) is 1. The number of carboxylic acids is 1. The lowest BCUT2D eigenvalue weighted by Gasteiger charge is -2.18. The van der Waals surface area contributed by atoms with Crippen LogP contribution in [0.15, 0.2) is 70.3 Å². The van der Waals surface area contributed by atoms with E-state index in [0.717, 1.165) is 4.90 Å². The molecular formula is C22H19NO5S. The molecule has 2 aromatic carbocycles. The molecule has 1 amide bonds.